The van der Waals surface area contributed by atoms with E-state index in [1.807, 2.05) is 37.3 Å². The second-order valence-electron chi connectivity index (χ2n) is 7.52. The summed E-state index contributed by atoms with van der Waals surface area (Å²) in [5, 5.41) is 8.85. The lowest BCUT2D eigenvalue weighted by atomic mass is 9.81. The molecule has 0 fully saturated rings. The van der Waals surface area contributed by atoms with Crippen LogP contribution in [0.25, 0.3) is 0 Å². The number of benzene rings is 2. The minimum absolute atomic E-state index is 0.0805. The highest BCUT2D eigenvalue weighted by molar-refractivity contribution is 6.20. The number of rotatable bonds is 5. The lowest BCUT2D eigenvalue weighted by Crippen LogP contribution is -2.58. The molecule has 0 aliphatic carbocycles. The largest absolute Gasteiger partial charge is 0.494 e. The first-order valence-corrected chi connectivity index (χ1v) is 10.00. The first kappa shape index (κ1) is 20.1. The number of carbonyl (C=O) groups excluding carboxylic acids is 2. The molecule has 0 saturated heterocycles. The highest BCUT2D eigenvalue weighted by Gasteiger charge is 2.55. The van der Waals surface area contributed by atoms with Crippen molar-refractivity contribution in [3.8, 4) is 5.75 Å². The van der Waals surface area contributed by atoms with Gasteiger partial charge in [0.25, 0.3) is 5.91 Å². The number of aliphatic hydroxyl groups is 1. The third-order valence-electron chi connectivity index (χ3n) is 5.52. The van der Waals surface area contributed by atoms with E-state index in [0.29, 0.717) is 36.8 Å². The number of hydrogen-bond acceptors (Lipinski definition) is 6. The molecule has 2 amide bonds. The van der Waals surface area contributed by atoms with Gasteiger partial charge in [-0.05, 0) is 42.8 Å². The Labute approximate surface area is 174 Å². The molecular weight excluding hydrogens is 384 g/mol. The second-order valence-corrected chi connectivity index (χ2v) is 7.52. The van der Waals surface area contributed by atoms with Crippen molar-refractivity contribution in [1.82, 2.24) is 0 Å². The van der Waals surface area contributed by atoms with E-state index in [-0.39, 0.29) is 18.4 Å². The van der Waals surface area contributed by atoms with Crippen molar-refractivity contribution in [2.45, 2.75) is 38.3 Å². The van der Waals surface area contributed by atoms with Gasteiger partial charge in [0.1, 0.15) is 11.9 Å². The molecule has 1 spiro atoms. The third kappa shape index (κ3) is 3.35. The zero-order chi connectivity index (χ0) is 21.3. The Morgan fingerprint density at radius 3 is 2.70 bits per heavy atom. The number of hydrogen-bond donors (Lipinski definition) is 1. The summed E-state index contributed by atoms with van der Waals surface area (Å²) >= 11 is 0. The molecule has 2 aliphatic rings. The average Bonchev–Trinajstić information content (AvgIpc) is 3.06. The van der Waals surface area contributed by atoms with Crippen LogP contribution < -0.4 is 9.64 Å². The van der Waals surface area contributed by atoms with Crippen LogP contribution in [0.4, 0.5) is 5.69 Å². The van der Waals surface area contributed by atoms with E-state index in [4.69, 9.17) is 19.6 Å². The average molecular weight is 408 g/mol. The molecule has 1 N–H and O–H groups in total. The number of para-hydroxylation sites is 1. The Kier molecular flexibility index (Phi) is 5.30. The summed E-state index contributed by atoms with van der Waals surface area (Å²) in [6, 6.07) is 14.6. The molecule has 2 atom stereocenters. The molecule has 0 bridgehead atoms. The maximum atomic E-state index is 13.4. The van der Waals surface area contributed by atoms with Gasteiger partial charge in [-0.25, -0.2) is 9.89 Å². The number of nitrogens with zero attached hydrogens (tertiary/aromatic N) is 2. The molecule has 0 aromatic heterocycles. The summed E-state index contributed by atoms with van der Waals surface area (Å²) in [4.78, 5) is 31.7. The molecule has 4 rings (SSSR count). The van der Waals surface area contributed by atoms with E-state index < -0.39 is 11.6 Å². The van der Waals surface area contributed by atoms with Crippen molar-refractivity contribution < 1.29 is 24.2 Å². The van der Waals surface area contributed by atoms with Crippen LogP contribution in [0, 0.1) is 0 Å². The summed E-state index contributed by atoms with van der Waals surface area (Å²) in [7, 11) is 0. The Balaban J connectivity index is 1.66. The lowest BCUT2D eigenvalue weighted by molar-refractivity contribution is -0.130. The maximum absolute atomic E-state index is 13.4. The Morgan fingerprint density at radius 2 is 2.00 bits per heavy atom. The molecular formula is C23H24N2O5. The highest BCUT2D eigenvalue weighted by Crippen LogP contribution is 2.41. The quantitative estimate of drug-likeness (QED) is 0.768. The third-order valence-corrected chi connectivity index (χ3v) is 5.52. The van der Waals surface area contributed by atoms with Gasteiger partial charge in [0.15, 0.2) is 5.54 Å². The van der Waals surface area contributed by atoms with E-state index in [2.05, 4.69) is 0 Å². The standard InChI is InChI=1S/C23H24N2O5/c1-15-23(14-18-6-3-4-7-20(18)25(16(2)27)22(23)28)24-21(30-15)17-8-10-19(11-9-17)29-13-5-12-26/h3-4,6-11,15,26H,5,12-14H2,1-2H3/t15-,23-/m1/s1. The molecule has 156 valence electrons. The van der Waals surface area contributed by atoms with Crippen LogP contribution in [-0.2, 0) is 20.7 Å². The molecule has 0 unspecified atom stereocenters. The summed E-state index contributed by atoms with van der Waals surface area (Å²) in [6.07, 6.45) is 0.419. The van der Waals surface area contributed by atoms with Gasteiger partial charge < -0.3 is 14.6 Å². The smallest absolute Gasteiger partial charge is 0.266 e. The van der Waals surface area contributed by atoms with Gasteiger partial charge in [-0.2, -0.15) is 0 Å². The second kappa shape index (κ2) is 7.91. The molecule has 7 nitrogen and oxygen atoms in total. The topological polar surface area (TPSA) is 88.4 Å². The predicted molar refractivity (Wildman–Crippen MR) is 112 cm³/mol. The van der Waals surface area contributed by atoms with E-state index in [1.165, 1.54) is 11.8 Å². The van der Waals surface area contributed by atoms with Gasteiger partial charge in [-0.1, -0.05) is 18.2 Å². The molecule has 2 aliphatic heterocycles. The Bertz CT molecular complexity index is 1000. The summed E-state index contributed by atoms with van der Waals surface area (Å²) in [5.74, 6) is 0.353. The van der Waals surface area contributed by atoms with Crippen LogP contribution in [0.2, 0.25) is 0 Å². The molecule has 0 saturated carbocycles. The van der Waals surface area contributed by atoms with Crippen molar-refractivity contribution in [3.05, 3.63) is 59.7 Å². The fourth-order valence-electron chi connectivity index (χ4n) is 3.91. The van der Waals surface area contributed by atoms with E-state index in [1.54, 1.807) is 18.2 Å². The fourth-order valence-corrected chi connectivity index (χ4v) is 3.91. The zero-order valence-electron chi connectivity index (χ0n) is 17.0. The molecule has 2 heterocycles. The van der Waals surface area contributed by atoms with Crippen molar-refractivity contribution in [2.75, 3.05) is 18.1 Å². The fraction of sp³-hybridized carbons (Fsp3) is 0.348. The Hall–Kier alpha value is -3.19. The van der Waals surface area contributed by atoms with Crippen LogP contribution in [0.1, 0.15) is 31.4 Å². The van der Waals surface area contributed by atoms with Crippen molar-refractivity contribution >= 4 is 23.4 Å². The highest BCUT2D eigenvalue weighted by atomic mass is 16.5. The Morgan fingerprint density at radius 1 is 1.27 bits per heavy atom. The van der Waals surface area contributed by atoms with Crippen LogP contribution in [0.15, 0.2) is 53.5 Å². The van der Waals surface area contributed by atoms with Gasteiger partial charge in [-0.3, -0.25) is 9.59 Å². The normalized spacial score (nSPS) is 22.5. The predicted octanol–water partition coefficient (Wildman–Crippen LogP) is 2.49. The number of amides is 2. The number of aliphatic imine (C=N–C) groups is 1. The summed E-state index contributed by atoms with van der Waals surface area (Å²) in [6.45, 7) is 3.71. The molecule has 2 aromatic rings. The van der Waals surface area contributed by atoms with Crippen LogP contribution in [0.3, 0.4) is 0 Å². The van der Waals surface area contributed by atoms with Crippen molar-refractivity contribution in [2.24, 2.45) is 4.99 Å². The number of aliphatic hydroxyl groups excluding tert-OH is 1. The van der Waals surface area contributed by atoms with Gasteiger partial charge in [0.05, 0.1) is 12.3 Å². The van der Waals surface area contributed by atoms with Gasteiger partial charge in [0.2, 0.25) is 11.8 Å². The summed E-state index contributed by atoms with van der Waals surface area (Å²) < 4.78 is 11.6. The molecule has 30 heavy (non-hydrogen) atoms. The number of carbonyl (C=O) groups is 2. The van der Waals surface area contributed by atoms with Crippen LogP contribution >= 0.6 is 0 Å². The van der Waals surface area contributed by atoms with E-state index >= 15 is 0 Å². The van der Waals surface area contributed by atoms with Crippen molar-refractivity contribution in [1.29, 1.82) is 0 Å². The maximum Gasteiger partial charge on any atom is 0.266 e. The van der Waals surface area contributed by atoms with E-state index in [0.717, 1.165) is 11.1 Å². The minimum atomic E-state index is -1.17. The summed E-state index contributed by atoms with van der Waals surface area (Å²) in [5.41, 5.74) is 1.06. The zero-order valence-corrected chi connectivity index (χ0v) is 17.0. The number of imide groups is 1. The monoisotopic (exact) mass is 408 g/mol. The SMILES string of the molecule is CC(=O)N1C(=O)[C@]2(Cc3ccccc31)N=C(c1ccc(OCCCO)cc1)O[C@@H]2C. The first-order valence-electron chi connectivity index (χ1n) is 10.00. The number of fused-ring (bicyclic) bond motifs is 1. The van der Waals surface area contributed by atoms with Crippen LogP contribution in [-0.4, -0.2) is 47.7 Å². The molecule has 2 aromatic carbocycles. The van der Waals surface area contributed by atoms with Gasteiger partial charge in [0, 0.05) is 31.9 Å². The molecule has 0 radical (unpaired) electrons. The van der Waals surface area contributed by atoms with Gasteiger partial charge >= 0.3 is 0 Å². The molecule has 7 heteroatoms. The van der Waals surface area contributed by atoms with Crippen molar-refractivity contribution in [3.63, 3.8) is 0 Å². The van der Waals surface area contributed by atoms with Gasteiger partial charge in [-0.15, -0.1) is 0 Å². The number of ether oxygens (including phenoxy) is 2. The van der Waals surface area contributed by atoms with E-state index in [9.17, 15) is 9.59 Å². The first-order chi connectivity index (χ1) is 14.5. The van der Waals surface area contributed by atoms with Crippen LogP contribution in [0.5, 0.6) is 5.75 Å². The minimum Gasteiger partial charge on any atom is -0.494 e. The number of anilines is 1. The lowest BCUT2D eigenvalue weighted by Gasteiger charge is -2.38.